The van der Waals surface area contributed by atoms with Crippen molar-refractivity contribution in [3.05, 3.63) is 0 Å². The van der Waals surface area contributed by atoms with Crippen molar-refractivity contribution in [1.82, 2.24) is 0 Å². The Labute approximate surface area is 70.0 Å². The second-order valence-electron chi connectivity index (χ2n) is 0. The van der Waals surface area contributed by atoms with Crippen LogP contribution in [0.4, 0.5) is 0 Å². The maximum absolute atomic E-state index is 4.21. The molecule has 0 N–H and O–H groups in total. The van der Waals surface area contributed by atoms with E-state index in [0.29, 0.717) is 0 Å². The predicted molar refractivity (Wildman–Crippen MR) is 7.59 cm³/mol. The van der Waals surface area contributed by atoms with Gasteiger partial charge in [-0.3, -0.25) is 0 Å². The summed E-state index contributed by atoms with van der Waals surface area (Å²) >= 11 is 0.958. The van der Waals surface area contributed by atoms with Gasteiger partial charge in [-0.15, -0.1) is 0 Å². The molecule has 0 rings (SSSR count). The van der Waals surface area contributed by atoms with Crippen LogP contribution >= 0.6 is 10.1 Å². The van der Waals surface area contributed by atoms with Gasteiger partial charge in [0.25, 0.3) is 0 Å². The van der Waals surface area contributed by atoms with E-state index in [0.717, 1.165) is 16.6 Å². The number of hydrogen-bond donors (Lipinski definition) is 0. The normalized spacial score (nSPS) is 1.50. The zero-order valence-corrected chi connectivity index (χ0v) is 10.9. The van der Waals surface area contributed by atoms with E-state index in [1.54, 1.807) is 0 Å². The van der Waals surface area contributed by atoms with E-state index < -0.39 is 0 Å². The first-order chi connectivity index (χ1) is 1.00. The molecule has 4 heavy (non-hydrogen) atoms. The summed E-state index contributed by atoms with van der Waals surface area (Å²) in [5.74, 6) is 0. The topological polar surface area (TPSA) is 0 Å². The first kappa shape index (κ1) is 16.3. The summed E-state index contributed by atoms with van der Waals surface area (Å²) in [5.41, 5.74) is 0. The van der Waals surface area contributed by atoms with Gasteiger partial charge in [-0.2, -0.15) is 0 Å². The van der Waals surface area contributed by atoms with E-state index >= 15 is 0 Å². The zero-order valence-electron chi connectivity index (χ0n) is 2.12. The minimum absolute atomic E-state index is 0. The van der Waals surface area contributed by atoms with E-state index in [1.165, 1.54) is 0 Å². The molecule has 0 heterocycles. The van der Waals surface area contributed by atoms with Crippen molar-refractivity contribution in [1.29, 1.82) is 0 Å². The SMILES string of the molecule is [Cd].[Cu].[S]=[Zn]. The first-order valence-electron chi connectivity index (χ1n) is 0.289. The molecule has 0 nitrogen and oxygen atoms in total. The van der Waals surface area contributed by atoms with Gasteiger partial charge in [-0.1, -0.05) is 0 Å². The standard InChI is InChI=1S/Cd.Cu.S.Zn. The summed E-state index contributed by atoms with van der Waals surface area (Å²) in [6.07, 6.45) is 0. The average Bonchev–Trinajstić information content (AvgIpc) is 1.00. The Morgan fingerprint density at radius 2 is 1.25 bits per heavy atom. The monoisotopic (exact) mass is 273 g/mol. The van der Waals surface area contributed by atoms with Crippen LogP contribution in [0.2, 0.25) is 0 Å². The van der Waals surface area contributed by atoms with Crippen molar-refractivity contribution in [2.24, 2.45) is 0 Å². The molecule has 0 spiro atoms. The van der Waals surface area contributed by atoms with Gasteiger partial charge in [-0.05, 0) is 0 Å². The van der Waals surface area contributed by atoms with Crippen molar-refractivity contribution >= 4 is 10.1 Å². The van der Waals surface area contributed by atoms with Gasteiger partial charge in [0.05, 0.1) is 0 Å². The predicted octanol–water partition coefficient (Wildman–Crippen LogP) is 0.641. The van der Waals surface area contributed by atoms with Gasteiger partial charge in [0.2, 0.25) is 0 Å². The van der Waals surface area contributed by atoms with E-state index in [4.69, 9.17) is 0 Å². The van der Waals surface area contributed by atoms with Crippen molar-refractivity contribution < 1.29 is 60.9 Å². The van der Waals surface area contributed by atoms with Crippen molar-refractivity contribution in [2.45, 2.75) is 0 Å². The van der Waals surface area contributed by atoms with Gasteiger partial charge in [0, 0.05) is 44.4 Å². The van der Waals surface area contributed by atoms with Crippen LogP contribution in [0.3, 0.4) is 0 Å². The molecule has 0 saturated heterocycles. The van der Waals surface area contributed by atoms with Crippen LogP contribution in [-0.4, -0.2) is 0 Å². The molecule has 0 aliphatic rings. The Morgan fingerprint density at radius 3 is 1.25 bits per heavy atom. The van der Waals surface area contributed by atoms with Crippen LogP contribution < -0.4 is 0 Å². The Morgan fingerprint density at radius 1 is 1.25 bits per heavy atom. The summed E-state index contributed by atoms with van der Waals surface area (Å²) in [5, 5.41) is 0. The Balaban J connectivity index is -0.00000000500. The first-order valence-corrected chi connectivity index (χ1v) is 4.50. The fourth-order valence-corrected chi connectivity index (χ4v) is 0. The van der Waals surface area contributed by atoms with Gasteiger partial charge >= 0.3 is 26.7 Å². The van der Waals surface area contributed by atoms with E-state index in [9.17, 15) is 0 Å². The molecule has 0 aliphatic heterocycles. The van der Waals surface area contributed by atoms with Gasteiger partial charge in [-0.25, -0.2) is 0 Å². The van der Waals surface area contributed by atoms with Crippen LogP contribution in [0.15, 0.2) is 0 Å². The van der Waals surface area contributed by atoms with Crippen LogP contribution in [0, 0.1) is 0 Å². The fourth-order valence-electron chi connectivity index (χ4n) is 0. The van der Waals surface area contributed by atoms with E-state index in [1.807, 2.05) is 0 Å². The quantitative estimate of drug-likeness (QED) is 0.584. The summed E-state index contributed by atoms with van der Waals surface area (Å²) in [4.78, 5) is 0. The molecule has 0 aromatic carbocycles. The fraction of sp³-hybridized carbons (Fsp3) is 0. The van der Waals surface area contributed by atoms with Crippen molar-refractivity contribution in [3.8, 4) is 0 Å². The molecule has 0 fully saturated rings. The molecular formula is CdCuSZn. The molecule has 0 atom stereocenters. The maximum atomic E-state index is 4.21. The van der Waals surface area contributed by atoms with Gasteiger partial charge < -0.3 is 0 Å². The molecule has 0 aromatic heterocycles. The molecule has 0 aliphatic carbocycles. The molecule has 0 bridgehead atoms. The number of hydrogen-bond acceptors (Lipinski definition) is 1. The van der Waals surface area contributed by atoms with Crippen molar-refractivity contribution in [2.75, 3.05) is 0 Å². The third-order valence-electron chi connectivity index (χ3n) is 0. The van der Waals surface area contributed by atoms with Crippen LogP contribution in [-0.2, 0) is 60.9 Å². The molecular weight excluding hydrogens is 273 g/mol. The molecule has 0 unspecified atom stereocenters. The number of rotatable bonds is 0. The Bertz CT molecular complexity index is 8.00. The third kappa shape index (κ3) is 8.86. The van der Waals surface area contributed by atoms with Gasteiger partial charge in [0.15, 0.2) is 0 Å². The molecule has 4 heteroatoms. The second kappa shape index (κ2) is 18.6. The summed E-state index contributed by atoms with van der Waals surface area (Å²) in [6, 6.07) is 0. The average molecular weight is 273 g/mol. The summed E-state index contributed by atoms with van der Waals surface area (Å²) in [6.45, 7) is 0. The molecule has 0 aromatic rings. The van der Waals surface area contributed by atoms with Crippen LogP contribution in [0.25, 0.3) is 0 Å². The van der Waals surface area contributed by atoms with E-state index in [-0.39, 0.29) is 44.4 Å². The molecule has 0 amide bonds. The third-order valence-corrected chi connectivity index (χ3v) is 0. The van der Waals surface area contributed by atoms with Crippen LogP contribution in [0.1, 0.15) is 0 Å². The second-order valence-corrected chi connectivity index (χ2v) is 0. The zero-order chi connectivity index (χ0) is 2.00. The Kier molecular flexibility index (Phi) is 75.6. The van der Waals surface area contributed by atoms with Crippen LogP contribution in [0.5, 0.6) is 0 Å². The van der Waals surface area contributed by atoms with Crippen molar-refractivity contribution in [3.63, 3.8) is 0 Å². The minimum atomic E-state index is 0. The van der Waals surface area contributed by atoms with Gasteiger partial charge in [0.1, 0.15) is 0 Å². The Hall–Kier alpha value is 2.28. The summed E-state index contributed by atoms with van der Waals surface area (Å²) in [7, 11) is 4.21. The molecule has 1 radical (unpaired) electrons. The molecule has 21 valence electrons. The van der Waals surface area contributed by atoms with E-state index in [2.05, 4.69) is 10.1 Å². The summed E-state index contributed by atoms with van der Waals surface area (Å²) < 4.78 is 0. The molecule has 0 saturated carbocycles.